The molecule has 3 aromatic rings. The zero-order valence-corrected chi connectivity index (χ0v) is 19.3. The van der Waals surface area contributed by atoms with Crippen LogP contribution in [0.4, 0.5) is 26.3 Å². The first-order valence-corrected chi connectivity index (χ1v) is 10.8. The first-order chi connectivity index (χ1) is 17.4. The van der Waals surface area contributed by atoms with Gasteiger partial charge in [0.05, 0.1) is 18.2 Å². The molecule has 0 unspecified atom stereocenters. The van der Waals surface area contributed by atoms with Crippen LogP contribution in [0, 0.1) is 0 Å². The van der Waals surface area contributed by atoms with Crippen molar-refractivity contribution in [3.05, 3.63) is 101 Å². The van der Waals surface area contributed by atoms with E-state index in [9.17, 15) is 35.9 Å². The lowest BCUT2D eigenvalue weighted by atomic mass is 10.0. The normalized spacial score (nSPS) is 12.5. The second-order valence-corrected chi connectivity index (χ2v) is 7.97. The van der Waals surface area contributed by atoms with Crippen molar-refractivity contribution in [3.63, 3.8) is 0 Å². The van der Waals surface area contributed by atoms with Crippen LogP contribution in [0.25, 0.3) is 0 Å². The van der Waals surface area contributed by atoms with Gasteiger partial charge in [0.1, 0.15) is 18.4 Å². The summed E-state index contributed by atoms with van der Waals surface area (Å²) in [6.07, 6.45) is -10.4. The van der Waals surface area contributed by atoms with Gasteiger partial charge < -0.3 is 14.8 Å². The summed E-state index contributed by atoms with van der Waals surface area (Å²) >= 11 is 0. The molecule has 3 aromatic carbocycles. The number of alkyl halides is 6. The van der Waals surface area contributed by atoms with Crippen LogP contribution >= 0.6 is 0 Å². The molecule has 11 heteroatoms. The van der Waals surface area contributed by atoms with E-state index in [1.54, 1.807) is 24.3 Å². The third-order valence-corrected chi connectivity index (χ3v) is 5.25. The number of carbonyl (C=O) groups is 2. The van der Waals surface area contributed by atoms with Crippen molar-refractivity contribution in [2.75, 3.05) is 7.11 Å². The lowest BCUT2D eigenvalue weighted by molar-refractivity contribution is -0.144. The van der Waals surface area contributed by atoms with E-state index in [1.165, 1.54) is 0 Å². The highest BCUT2D eigenvalue weighted by molar-refractivity contribution is 5.97. The maximum absolute atomic E-state index is 13.1. The van der Waals surface area contributed by atoms with Crippen molar-refractivity contribution in [1.82, 2.24) is 5.32 Å². The standard InChI is InChI=1S/C26H21F6NO4/c1-36-24(35)22(11-16-7-9-21(10-8-16)37-15-17-5-3-2-4-6-17)33-23(34)18-12-19(25(27,28)29)14-20(13-18)26(30,31)32/h2-10,12-14,22H,11,15H2,1H3,(H,33,34)/t22-/m1/s1. The van der Waals surface area contributed by atoms with Gasteiger partial charge >= 0.3 is 18.3 Å². The van der Waals surface area contributed by atoms with Gasteiger partial charge in [-0.05, 0) is 41.5 Å². The quantitative estimate of drug-likeness (QED) is 0.298. The van der Waals surface area contributed by atoms with Crippen molar-refractivity contribution in [2.45, 2.75) is 31.4 Å². The largest absolute Gasteiger partial charge is 0.489 e. The molecule has 0 radical (unpaired) electrons. The van der Waals surface area contributed by atoms with Crippen molar-refractivity contribution >= 4 is 11.9 Å². The monoisotopic (exact) mass is 525 g/mol. The van der Waals surface area contributed by atoms with E-state index in [4.69, 9.17) is 4.74 Å². The molecule has 196 valence electrons. The van der Waals surface area contributed by atoms with Gasteiger partial charge in [0.2, 0.25) is 0 Å². The van der Waals surface area contributed by atoms with Gasteiger partial charge in [0.15, 0.2) is 0 Å². The molecule has 0 saturated heterocycles. The fourth-order valence-corrected chi connectivity index (χ4v) is 3.36. The minimum atomic E-state index is -5.12. The summed E-state index contributed by atoms with van der Waals surface area (Å²) in [7, 11) is 1.04. The number of ether oxygens (including phenoxy) is 2. The molecule has 0 aliphatic rings. The molecule has 1 N–H and O–H groups in total. The maximum Gasteiger partial charge on any atom is 0.416 e. The van der Waals surface area contributed by atoms with Crippen LogP contribution in [-0.4, -0.2) is 25.0 Å². The molecule has 0 aliphatic heterocycles. The Morgan fingerprint density at radius 1 is 0.811 bits per heavy atom. The smallest absolute Gasteiger partial charge is 0.416 e. The predicted octanol–water partition coefficient (Wildman–Crippen LogP) is 5.82. The summed E-state index contributed by atoms with van der Waals surface area (Å²) in [5.74, 6) is -1.70. The number of nitrogens with one attached hydrogen (secondary N) is 1. The van der Waals surface area contributed by atoms with E-state index in [2.05, 4.69) is 10.1 Å². The Morgan fingerprint density at radius 2 is 1.38 bits per heavy atom. The van der Waals surface area contributed by atoms with E-state index < -0.39 is 47.0 Å². The molecular weight excluding hydrogens is 504 g/mol. The minimum absolute atomic E-state index is 0.0873. The molecule has 0 spiro atoms. The summed E-state index contributed by atoms with van der Waals surface area (Å²) in [6, 6.07) is 15.0. The molecule has 0 aromatic heterocycles. The molecule has 0 heterocycles. The number of rotatable bonds is 8. The lowest BCUT2D eigenvalue weighted by Crippen LogP contribution is -2.43. The fraction of sp³-hybridized carbons (Fsp3) is 0.231. The van der Waals surface area contributed by atoms with Gasteiger partial charge in [-0.3, -0.25) is 4.79 Å². The van der Waals surface area contributed by atoms with E-state index >= 15 is 0 Å². The first-order valence-electron chi connectivity index (χ1n) is 10.8. The Hall–Kier alpha value is -4.02. The van der Waals surface area contributed by atoms with Gasteiger partial charge in [-0.15, -0.1) is 0 Å². The summed E-state index contributed by atoms with van der Waals surface area (Å²) in [6.45, 7) is 0.317. The molecule has 0 aliphatic carbocycles. The van der Waals surface area contributed by atoms with E-state index in [0.29, 0.717) is 17.9 Å². The Bertz CT molecular complexity index is 1190. The molecule has 1 atom stereocenters. The Kier molecular flexibility index (Phi) is 8.46. The third kappa shape index (κ3) is 7.73. The van der Waals surface area contributed by atoms with Gasteiger partial charge in [0.25, 0.3) is 5.91 Å². The number of benzene rings is 3. The Balaban J connectivity index is 1.76. The van der Waals surface area contributed by atoms with Crippen LogP contribution in [0.15, 0.2) is 72.8 Å². The second-order valence-electron chi connectivity index (χ2n) is 7.97. The molecule has 3 rings (SSSR count). The zero-order valence-electron chi connectivity index (χ0n) is 19.3. The van der Waals surface area contributed by atoms with Gasteiger partial charge in [-0.2, -0.15) is 26.3 Å². The van der Waals surface area contributed by atoms with Crippen LogP contribution in [0.5, 0.6) is 5.75 Å². The first kappa shape index (κ1) is 27.6. The summed E-state index contributed by atoms with van der Waals surface area (Å²) in [5, 5.41) is 2.17. The highest BCUT2D eigenvalue weighted by atomic mass is 19.4. The number of hydrogen-bond donors (Lipinski definition) is 1. The zero-order chi connectivity index (χ0) is 27.2. The molecular formula is C26H21F6NO4. The lowest BCUT2D eigenvalue weighted by Gasteiger charge is -2.18. The number of amides is 1. The van der Waals surface area contributed by atoms with Crippen molar-refractivity contribution in [2.24, 2.45) is 0 Å². The number of hydrogen-bond acceptors (Lipinski definition) is 4. The molecule has 1 amide bonds. The van der Waals surface area contributed by atoms with Crippen LogP contribution in [-0.2, 0) is 34.9 Å². The summed E-state index contributed by atoms with van der Waals surface area (Å²) < 4.78 is 89.1. The van der Waals surface area contributed by atoms with Crippen molar-refractivity contribution in [3.8, 4) is 5.75 Å². The number of carbonyl (C=O) groups excluding carboxylic acids is 2. The molecule has 0 saturated carbocycles. The van der Waals surface area contributed by atoms with Crippen molar-refractivity contribution in [1.29, 1.82) is 0 Å². The SMILES string of the molecule is COC(=O)[C@@H](Cc1ccc(OCc2ccccc2)cc1)NC(=O)c1cc(C(F)(F)F)cc(C(F)(F)F)c1. The Morgan fingerprint density at radius 3 is 1.89 bits per heavy atom. The number of esters is 1. The van der Waals surface area contributed by atoms with Crippen LogP contribution in [0.1, 0.15) is 32.6 Å². The molecule has 5 nitrogen and oxygen atoms in total. The average molecular weight is 525 g/mol. The van der Waals surface area contributed by atoms with E-state index in [-0.39, 0.29) is 24.6 Å². The summed E-state index contributed by atoms with van der Waals surface area (Å²) in [4.78, 5) is 24.9. The van der Waals surface area contributed by atoms with E-state index in [0.717, 1.165) is 12.7 Å². The maximum atomic E-state index is 13.1. The van der Waals surface area contributed by atoms with E-state index in [1.807, 2.05) is 30.3 Å². The highest BCUT2D eigenvalue weighted by Crippen LogP contribution is 2.36. The predicted molar refractivity (Wildman–Crippen MR) is 121 cm³/mol. The van der Waals surface area contributed by atoms with Gasteiger partial charge in [0, 0.05) is 12.0 Å². The average Bonchev–Trinajstić information content (AvgIpc) is 2.86. The number of halogens is 6. The molecule has 37 heavy (non-hydrogen) atoms. The highest BCUT2D eigenvalue weighted by Gasteiger charge is 2.38. The topological polar surface area (TPSA) is 64.6 Å². The third-order valence-electron chi connectivity index (χ3n) is 5.25. The van der Waals surface area contributed by atoms with Crippen LogP contribution < -0.4 is 10.1 Å². The second kappa shape index (κ2) is 11.4. The fourth-order valence-electron chi connectivity index (χ4n) is 3.36. The molecule has 0 bridgehead atoms. The van der Waals surface area contributed by atoms with Gasteiger partial charge in [-0.1, -0.05) is 42.5 Å². The summed E-state index contributed by atoms with van der Waals surface area (Å²) in [5.41, 5.74) is -2.71. The molecule has 0 fully saturated rings. The van der Waals surface area contributed by atoms with Crippen LogP contribution in [0.3, 0.4) is 0 Å². The minimum Gasteiger partial charge on any atom is -0.489 e. The Labute approximate surface area is 208 Å². The van der Waals surface area contributed by atoms with Gasteiger partial charge in [-0.25, -0.2) is 4.79 Å². The number of methoxy groups -OCH3 is 1. The van der Waals surface area contributed by atoms with Crippen molar-refractivity contribution < 1.29 is 45.4 Å². The van der Waals surface area contributed by atoms with Crippen LogP contribution in [0.2, 0.25) is 0 Å².